The van der Waals surface area contributed by atoms with Gasteiger partial charge in [0.05, 0.1) is 18.1 Å². The minimum atomic E-state index is -0.333. The number of para-hydroxylation sites is 1. The summed E-state index contributed by atoms with van der Waals surface area (Å²) in [6, 6.07) is 22.0. The van der Waals surface area contributed by atoms with E-state index in [0.717, 1.165) is 28.6 Å². The average Bonchev–Trinajstić information content (AvgIpc) is 3.13. The Hall–Kier alpha value is -4.04. The first-order valence-electron chi connectivity index (χ1n) is 11.5. The summed E-state index contributed by atoms with van der Waals surface area (Å²) in [5, 5.41) is 2.53. The van der Waals surface area contributed by atoms with Crippen LogP contribution in [0, 0.1) is 6.92 Å². The molecule has 0 atom stereocenters. The third-order valence-electron chi connectivity index (χ3n) is 5.40. The highest BCUT2D eigenvalue weighted by Gasteiger charge is 2.35. The quantitative estimate of drug-likeness (QED) is 0.381. The number of amides is 3. The number of nitrogens with zero attached hydrogens (tertiary/aromatic N) is 1. The van der Waals surface area contributed by atoms with E-state index in [1.165, 1.54) is 4.90 Å². The van der Waals surface area contributed by atoms with Crippen LogP contribution in [0.2, 0.25) is 0 Å². The molecule has 4 rings (SSSR count). The molecule has 0 unspecified atom stereocenters. The number of nitrogens with one attached hydrogen (secondary N) is 1. The van der Waals surface area contributed by atoms with E-state index in [1.807, 2.05) is 68.4 Å². The lowest BCUT2D eigenvalue weighted by atomic mass is 10.1. The molecule has 3 aromatic rings. The second-order valence-corrected chi connectivity index (χ2v) is 9.04. The molecular weight excluding hydrogens is 476 g/mol. The fraction of sp³-hybridized carbons (Fsp3) is 0.179. The number of rotatable bonds is 9. The number of ether oxygens (including phenoxy) is 2. The number of imide groups is 1. The van der Waals surface area contributed by atoms with E-state index in [4.69, 9.17) is 9.47 Å². The average molecular weight is 503 g/mol. The Morgan fingerprint density at radius 1 is 0.972 bits per heavy atom. The van der Waals surface area contributed by atoms with Crippen molar-refractivity contribution in [2.75, 3.05) is 18.5 Å². The zero-order valence-electron chi connectivity index (χ0n) is 20.0. The predicted octanol–water partition coefficient (Wildman–Crippen LogP) is 5.65. The van der Waals surface area contributed by atoms with Crippen molar-refractivity contribution < 1.29 is 23.9 Å². The van der Waals surface area contributed by atoms with Gasteiger partial charge in [-0.1, -0.05) is 54.6 Å². The number of anilines is 1. The molecule has 0 saturated carbocycles. The maximum Gasteiger partial charge on any atom is 0.293 e. The monoisotopic (exact) mass is 502 g/mol. The summed E-state index contributed by atoms with van der Waals surface area (Å²) < 4.78 is 11.4. The van der Waals surface area contributed by atoms with Crippen LogP contribution < -0.4 is 14.8 Å². The highest BCUT2D eigenvalue weighted by Crippen LogP contribution is 2.35. The Balaban J connectivity index is 1.45. The van der Waals surface area contributed by atoms with Crippen molar-refractivity contribution in [2.24, 2.45) is 0 Å². The number of carbonyl (C=O) groups is 3. The lowest BCUT2D eigenvalue weighted by Crippen LogP contribution is -2.27. The molecule has 8 heteroatoms. The molecule has 1 saturated heterocycles. The lowest BCUT2D eigenvalue weighted by molar-refractivity contribution is -0.123. The second kappa shape index (κ2) is 11.6. The van der Waals surface area contributed by atoms with Crippen molar-refractivity contribution in [1.29, 1.82) is 0 Å². The molecule has 7 nitrogen and oxygen atoms in total. The van der Waals surface area contributed by atoms with Crippen molar-refractivity contribution in [3.8, 4) is 11.5 Å². The van der Waals surface area contributed by atoms with E-state index < -0.39 is 0 Å². The molecule has 1 heterocycles. The number of carbonyl (C=O) groups excluding carboxylic acids is 3. The third-order valence-corrected chi connectivity index (χ3v) is 6.31. The summed E-state index contributed by atoms with van der Waals surface area (Å²) in [6.07, 6.45) is 1.66. The molecule has 1 aliphatic rings. The molecule has 0 aliphatic carbocycles. The molecule has 0 spiro atoms. The van der Waals surface area contributed by atoms with Gasteiger partial charge in [-0.05, 0) is 66.6 Å². The van der Waals surface area contributed by atoms with E-state index in [1.54, 1.807) is 24.3 Å². The van der Waals surface area contributed by atoms with Crippen molar-refractivity contribution in [1.82, 2.24) is 4.90 Å². The zero-order chi connectivity index (χ0) is 25.5. The Bertz CT molecular complexity index is 1310. The SMILES string of the molecule is CCOc1cc(/C=C2\SC(=O)N(Cc3ccccc3)C2=O)ccc1OCC(=O)Nc1ccccc1C. The Labute approximate surface area is 214 Å². The van der Waals surface area contributed by atoms with Gasteiger partial charge in [0.2, 0.25) is 0 Å². The van der Waals surface area contributed by atoms with Crippen molar-refractivity contribution in [2.45, 2.75) is 20.4 Å². The number of hydrogen-bond acceptors (Lipinski definition) is 6. The number of thioether (sulfide) groups is 1. The van der Waals surface area contributed by atoms with Gasteiger partial charge in [0.1, 0.15) is 0 Å². The van der Waals surface area contributed by atoms with Gasteiger partial charge in [-0.3, -0.25) is 19.3 Å². The van der Waals surface area contributed by atoms with E-state index in [-0.39, 0.29) is 30.2 Å². The molecule has 0 aromatic heterocycles. The Morgan fingerprint density at radius 3 is 2.47 bits per heavy atom. The van der Waals surface area contributed by atoms with Gasteiger partial charge in [0, 0.05) is 5.69 Å². The highest BCUT2D eigenvalue weighted by molar-refractivity contribution is 8.18. The molecule has 36 heavy (non-hydrogen) atoms. The first kappa shape index (κ1) is 25.1. The number of aryl methyl sites for hydroxylation is 1. The summed E-state index contributed by atoms with van der Waals surface area (Å²) in [5.41, 5.74) is 3.25. The molecule has 1 N–H and O–H groups in total. The van der Waals surface area contributed by atoms with Crippen LogP contribution in [0.15, 0.2) is 77.7 Å². The van der Waals surface area contributed by atoms with E-state index in [9.17, 15) is 14.4 Å². The van der Waals surface area contributed by atoms with E-state index in [0.29, 0.717) is 28.6 Å². The largest absolute Gasteiger partial charge is 0.490 e. The van der Waals surface area contributed by atoms with Crippen molar-refractivity contribution in [3.63, 3.8) is 0 Å². The smallest absolute Gasteiger partial charge is 0.293 e. The van der Waals surface area contributed by atoms with Gasteiger partial charge in [-0.2, -0.15) is 0 Å². The van der Waals surface area contributed by atoms with Crippen LogP contribution in [0.5, 0.6) is 11.5 Å². The lowest BCUT2D eigenvalue weighted by Gasteiger charge is -2.13. The maximum atomic E-state index is 12.9. The number of benzene rings is 3. The van der Waals surface area contributed by atoms with Crippen LogP contribution in [0.25, 0.3) is 6.08 Å². The molecule has 0 radical (unpaired) electrons. The topological polar surface area (TPSA) is 84.9 Å². The summed E-state index contributed by atoms with van der Waals surface area (Å²) >= 11 is 0.909. The van der Waals surface area contributed by atoms with Gasteiger partial charge in [-0.25, -0.2) is 0 Å². The molecule has 1 aliphatic heterocycles. The molecular formula is C28H26N2O5S. The van der Waals surface area contributed by atoms with Crippen LogP contribution >= 0.6 is 11.8 Å². The van der Waals surface area contributed by atoms with Gasteiger partial charge in [0.15, 0.2) is 18.1 Å². The molecule has 0 bridgehead atoms. The van der Waals surface area contributed by atoms with Crippen LogP contribution in [0.1, 0.15) is 23.6 Å². The fourth-order valence-corrected chi connectivity index (χ4v) is 4.44. The first-order chi connectivity index (χ1) is 17.4. The predicted molar refractivity (Wildman–Crippen MR) is 141 cm³/mol. The zero-order valence-corrected chi connectivity index (χ0v) is 20.8. The first-order valence-corrected chi connectivity index (χ1v) is 12.3. The van der Waals surface area contributed by atoms with Crippen LogP contribution in [0.4, 0.5) is 10.5 Å². The number of hydrogen-bond donors (Lipinski definition) is 1. The fourth-order valence-electron chi connectivity index (χ4n) is 3.60. The Morgan fingerprint density at radius 2 is 1.72 bits per heavy atom. The van der Waals surface area contributed by atoms with Crippen LogP contribution in [-0.2, 0) is 16.1 Å². The standard InChI is InChI=1S/C28H26N2O5S/c1-3-34-24-15-21(13-14-23(24)35-18-26(31)29-22-12-8-7-9-19(22)2)16-25-27(32)30(28(33)36-25)17-20-10-5-4-6-11-20/h4-16H,3,17-18H2,1-2H3,(H,29,31)/b25-16-. The van der Waals surface area contributed by atoms with Crippen LogP contribution in [0.3, 0.4) is 0 Å². The third kappa shape index (κ3) is 6.14. The van der Waals surface area contributed by atoms with Gasteiger partial charge >= 0.3 is 0 Å². The summed E-state index contributed by atoms with van der Waals surface area (Å²) in [5.74, 6) is 0.229. The van der Waals surface area contributed by atoms with Gasteiger partial charge in [-0.15, -0.1) is 0 Å². The molecule has 3 amide bonds. The molecule has 1 fully saturated rings. The van der Waals surface area contributed by atoms with Crippen LogP contribution in [-0.4, -0.2) is 35.2 Å². The minimum absolute atomic E-state index is 0.188. The van der Waals surface area contributed by atoms with Gasteiger partial charge < -0.3 is 14.8 Å². The summed E-state index contributed by atoms with van der Waals surface area (Å²) in [7, 11) is 0. The summed E-state index contributed by atoms with van der Waals surface area (Å²) in [4.78, 5) is 39.3. The maximum absolute atomic E-state index is 12.9. The van der Waals surface area contributed by atoms with Crippen molar-refractivity contribution >= 4 is 40.6 Å². The minimum Gasteiger partial charge on any atom is -0.490 e. The Kier molecular flexibility index (Phi) is 8.07. The summed E-state index contributed by atoms with van der Waals surface area (Å²) in [6.45, 7) is 4.19. The van der Waals surface area contributed by atoms with E-state index in [2.05, 4.69) is 5.32 Å². The molecule has 3 aromatic carbocycles. The second-order valence-electron chi connectivity index (χ2n) is 8.04. The van der Waals surface area contributed by atoms with Crippen molar-refractivity contribution in [3.05, 3.63) is 94.4 Å². The highest BCUT2D eigenvalue weighted by atomic mass is 32.2. The van der Waals surface area contributed by atoms with E-state index >= 15 is 0 Å². The van der Waals surface area contributed by atoms with Gasteiger partial charge in [0.25, 0.3) is 17.1 Å². The molecule has 184 valence electrons. The normalized spacial score (nSPS) is 14.3.